The molecule has 0 heterocycles. The topological polar surface area (TPSA) is 72.2 Å². The fraction of sp³-hybridized carbons (Fsp3) is 0.273. The molecule has 0 radical (unpaired) electrons. The number of benzene rings is 1. The minimum Gasteiger partial charge on any atom is -0.345 e. The molecule has 0 bridgehead atoms. The molecule has 0 spiro atoms. The highest BCUT2D eigenvalue weighted by molar-refractivity contribution is 6.37. The molecule has 80 valence electrons. The van der Waals surface area contributed by atoms with Gasteiger partial charge in [-0.3, -0.25) is 9.59 Å². The van der Waals surface area contributed by atoms with Gasteiger partial charge in [-0.25, -0.2) is 0 Å². The maximum absolute atomic E-state index is 11.2. The smallest absolute Gasteiger partial charge is 0.289 e. The molecule has 1 amide bonds. The maximum Gasteiger partial charge on any atom is 0.289 e. The normalized spacial score (nSPS) is 11.9. The lowest BCUT2D eigenvalue weighted by molar-refractivity contribution is -0.138. The van der Waals surface area contributed by atoms with Gasteiger partial charge < -0.3 is 11.1 Å². The first-order valence-electron chi connectivity index (χ1n) is 4.73. The van der Waals surface area contributed by atoms with Crippen LogP contribution in [-0.2, 0) is 16.1 Å². The average Bonchev–Trinajstić information content (AvgIpc) is 2.26. The lowest BCUT2D eigenvalue weighted by atomic mass is 10.2. The molecule has 1 aromatic rings. The van der Waals surface area contributed by atoms with Crippen LogP contribution in [0.3, 0.4) is 0 Å². The summed E-state index contributed by atoms with van der Waals surface area (Å²) in [6, 6.07) is 8.62. The monoisotopic (exact) mass is 206 g/mol. The second kappa shape index (κ2) is 5.26. The van der Waals surface area contributed by atoms with E-state index in [0.29, 0.717) is 6.54 Å². The van der Waals surface area contributed by atoms with E-state index in [9.17, 15) is 9.59 Å². The quantitative estimate of drug-likeness (QED) is 0.692. The zero-order valence-corrected chi connectivity index (χ0v) is 8.57. The minimum atomic E-state index is -0.749. The first-order chi connectivity index (χ1) is 7.11. The molecular weight excluding hydrogens is 192 g/mol. The summed E-state index contributed by atoms with van der Waals surface area (Å²) in [6.45, 7) is 1.84. The number of carbonyl (C=O) groups is 2. The van der Waals surface area contributed by atoms with Crippen molar-refractivity contribution in [3.8, 4) is 0 Å². The van der Waals surface area contributed by atoms with Crippen molar-refractivity contribution >= 4 is 11.7 Å². The summed E-state index contributed by atoms with van der Waals surface area (Å²) in [4.78, 5) is 22.3. The summed E-state index contributed by atoms with van der Waals surface area (Å²) >= 11 is 0. The van der Waals surface area contributed by atoms with E-state index in [1.807, 2.05) is 30.3 Å². The molecule has 0 aliphatic heterocycles. The van der Waals surface area contributed by atoms with Gasteiger partial charge in [0.2, 0.25) is 5.78 Å². The van der Waals surface area contributed by atoms with Gasteiger partial charge in [0, 0.05) is 6.54 Å². The number of ketones is 1. The minimum absolute atomic E-state index is 0.345. The Balaban J connectivity index is 2.45. The third-order valence-electron chi connectivity index (χ3n) is 1.93. The van der Waals surface area contributed by atoms with Gasteiger partial charge in [-0.05, 0) is 12.5 Å². The van der Waals surface area contributed by atoms with Crippen LogP contribution in [0.2, 0.25) is 0 Å². The first kappa shape index (κ1) is 11.4. The third-order valence-corrected chi connectivity index (χ3v) is 1.93. The van der Waals surface area contributed by atoms with Crippen LogP contribution in [0.15, 0.2) is 30.3 Å². The molecule has 0 aromatic heterocycles. The highest BCUT2D eigenvalue weighted by atomic mass is 16.2. The molecule has 0 aliphatic rings. The Bertz CT molecular complexity index is 347. The van der Waals surface area contributed by atoms with E-state index in [4.69, 9.17) is 5.73 Å². The highest BCUT2D eigenvalue weighted by Gasteiger charge is 2.16. The number of rotatable bonds is 4. The molecule has 0 aliphatic carbocycles. The molecule has 3 N–H and O–H groups in total. The molecule has 4 heteroatoms. The second-order valence-corrected chi connectivity index (χ2v) is 3.32. The Kier molecular flexibility index (Phi) is 4.00. The highest BCUT2D eigenvalue weighted by Crippen LogP contribution is 1.97. The number of hydrogen-bond donors (Lipinski definition) is 2. The number of amides is 1. The molecule has 0 saturated carbocycles. The Hall–Kier alpha value is -1.68. The van der Waals surface area contributed by atoms with E-state index in [-0.39, 0.29) is 0 Å². The van der Waals surface area contributed by atoms with E-state index in [1.165, 1.54) is 6.92 Å². The van der Waals surface area contributed by atoms with Crippen molar-refractivity contribution < 1.29 is 9.59 Å². The van der Waals surface area contributed by atoms with Crippen LogP contribution in [0.25, 0.3) is 0 Å². The average molecular weight is 206 g/mol. The molecule has 1 aromatic carbocycles. The van der Waals surface area contributed by atoms with E-state index < -0.39 is 17.7 Å². The fourth-order valence-electron chi connectivity index (χ4n) is 1.07. The largest absolute Gasteiger partial charge is 0.345 e. The lowest BCUT2D eigenvalue weighted by Gasteiger charge is -2.06. The number of hydrogen-bond acceptors (Lipinski definition) is 3. The van der Waals surface area contributed by atoms with Crippen LogP contribution in [0, 0.1) is 0 Å². The van der Waals surface area contributed by atoms with Crippen molar-refractivity contribution in [3.63, 3.8) is 0 Å². The first-order valence-corrected chi connectivity index (χ1v) is 4.73. The molecule has 0 fully saturated rings. The maximum atomic E-state index is 11.2. The summed E-state index contributed by atoms with van der Waals surface area (Å²) < 4.78 is 0. The predicted octanol–water partition coefficient (Wildman–Crippen LogP) is 0.219. The molecule has 1 atom stereocenters. The van der Waals surface area contributed by atoms with Gasteiger partial charge in [0.15, 0.2) is 0 Å². The Morgan fingerprint density at radius 3 is 2.47 bits per heavy atom. The van der Waals surface area contributed by atoms with Gasteiger partial charge in [0.05, 0.1) is 6.04 Å². The van der Waals surface area contributed by atoms with E-state index in [0.717, 1.165) is 5.56 Å². The molecule has 0 saturated heterocycles. The van der Waals surface area contributed by atoms with Gasteiger partial charge >= 0.3 is 0 Å². The lowest BCUT2D eigenvalue weighted by Crippen LogP contribution is -2.40. The third kappa shape index (κ3) is 3.52. The summed E-state index contributed by atoms with van der Waals surface area (Å²) in [7, 11) is 0. The van der Waals surface area contributed by atoms with E-state index in [2.05, 4.69) is 5.32 Å². The van der Waals surface area contributed by atoms with Crippen molar-refractivity contribution in [1.29, 1.82) is 0 Å². The van der Waals surface area contributed by atoms with E-state index >= 15 is 0 Å². The van der Waals surface area contributed by atoms with Crippen LogP contribution in [0.5, 0.6) is 0 Å². The number of nitrogens with two attached hydrogens (primary N) is 1. The Labute approximate surface area is 88.5 Å². The van der Waals surface area contributed by atoms with Gasteiger partial charge in [0.1, 0.15) is 0 Å². The van der Waals surface area contributed by atoms with Crippen LogP contribution in [0.4, 0.5) is 0 Å². The van der Waals surface area contributed by atoms with Crippen molar-refractivity contribution in [3.05, 3.63) is 35.9 Å². The standard InChI is InChI=1S/C11H14N2O2/c1-8(12)10(14)11(15)13-7-9-5-3-2-4-6-9/h2-6,8H,7,12H2,1H3,(H,13,15)/t8-/m0/s1. The predicted molar refractivity (Wildman–Crippen MR) is 56.9 cm³/mol. The van der Waals surface area contributed by atoms with Crippen molar-refractivity contribution in [2.24, 2.45) is 5.73 Å². The van der Waals surface area contributed by atoms with Crippen LogP contribution in [-0.4, -0.2) is 17.7 Å². The summed E-state index contributed by atoms with van der Waals surface area (Å²) in [5.41, 5.74) is 6.24. The summed E-state index contributed by atoms with van der Waals surface area (Å²) in [5, 5.41) is 2.51. The molecule has 15 heavy (non-hydrogen) atoms. The fourth-order valence-corrected chi connectivity index (χ4v) is 1.07. The van der Waals surface area contributed by atoms with Crippen LogP contribution < -0.4 is 11.1 Å². The van der Waals surface area contributed by atoms with Crippen molar-refractivity contribution in [2.45, 2.75) is 19.5 Å². The molecule has 4 nitrogen and oxygen atoms in total. The summed E-state index contributed by atoms with van der Waals surface area (Å²) in [5.74, 6) is -1.22. The number of nitrogens with one attached hydrogen (secondary N) is 1. The number of carbonyl (C=O) groups excluding carboxylic acids is 2. The van der Waals surface area contributed by atoms with Crippen LogP contribution >= 0.6 is 0 Å². The van der Waals surface area contributed by atoms with Crippen molar-refractivity contribution in [2.75, 3.05) is 0 Å². The zero-order valence-electron chi connectivity index (χ0n) is 8.57. The van der Waals surface area contributed by atoms with Crippen LogP contribution in [0.1, 0.15) is 12.5 Å². The van der Waals surface area contributed by atoms with E-state index in [1.54, 1.807) is 0 Å². The molecular formula is C11H14N2O2. The van der Waals surface area contributed by atoms with Gasteiger partial charge in [-0.2, -0.15) is 0 Å². The number of Topliss-reactive ketones (excluding diaryl/α,β-unsaturated/α-hetero) is 1. The Morgan fingerprint density at radius 2 is 1.93 bits per heavy atom. The second-order valence-electron chi connectivity index (χ2n) is 3.32. The van der Waals surface area contributed by atoms with Crippen molar-refractivity contribution in [1.82, 2.24) is 5.32 Å². The molecule has 1 rings (SSSR count). The van der Waals surface area contributed by atoms with Gasteiger partial charge in [-0.15, -0.1) is 0 Å². The SMILES string of the molecule is C[C@H](N)C(=O)C(=O)NCc1ccccc1. The van der Waals surface area contributed by atoms with Gasteiger partial charge in [0.25, 0.3) is 5.91 Å². The Morgan fingerprint density at radius 1 is 1.33 bits per heavy atom. The molecule has 0 unspecified atom stereocenters. The zero-order chi connectivity index (χ0) is 11.3. The summed E-state index contributed by atoms with van der Waals surface area (Å²) in [6.07, 6.45) is 0. The van der Waals surface area contributed by atoms with Gasteiger partial charge in [-0.1, -0.05) is 30.3 Å².